The Hall–Kier alpha value is -0.870. The van der Waals surface area contributed by atoms with Crippen LogP contribution in [0.1, 0.15) is 58.9 Å². The molecule has 1 N–H and O–H groups in total. The molecule has 4 nitrogen and oxygen atoms in total. The van der Waals surface area contributed by atoms with E-state index in [1.54, 1.807) is 0 Å². The Kier molecular flexibility index (Phi) is 8.62. The van der Waals surface area contributed by atoms with Crippen molar-refractivity contribution in [3.8, 4) is 0 Å². The molecule has 0 bridgehead atoms. The van der Waals surface area contributed by atoms with Gasteiger partial charge in [-0.05, 0) is 24.9 Å². The minimum Gasteiger partial charge on any atom is -0.360 e. The molecule has 0 aliphatic heterocycles. The molecule has 0 radical (unpaired) electrons. The van der Waals surface area contributed by atoms with Crippen molar-refractivity contribution < 1.29 is 4.52 Å². The first kappa shape index (κ1) is 18.2. The van der Waals surface area contributed by atoms with Crippen LogP contribution in [0.2, 0.25) is 0 Å². The number of rotatable bonds is 11. The van der Waals surface area contributed by atoms with Crippen LogP contribution in [0.15, 0.2) is 10.6 Å². The van der Waals surface area contributed by atoms with E-state index >= 15 is 0 Å². The Morgan fingerprint density at radius 2 is 1.95 bits per heavy atom. The van der Waals surface area contributed by atoms with Crippen molar-refractivity contribution in [2.45, 2.75) is 60.5 Å². The van der Waals surface area contributed by atoms with Gasteiger partial charge < -0.3 is 9.84 Å². The average Bonchev–Trinajstić information content (AvgIpc) is 2.90. The van der Waals surface area contributed by atoms with Crippen molar-refractivity contribution in [1.29, 1.82) is 0 Å². The lowest BCUT2D eigenvalue weighted by molar-refractivity contribution is 0.202. The normalized spacial score (nSPS) is 12.0. The second kappa shape index (κ2) is 9.96. The summed E-state index contributed by atoms with van der Waals surface area (Å²) in [5.41, 5.74) is 1.00. The molecule has 0 fully saturated rings. The number of nitrogens with zero attached hydrogens (tertiary/aromatic N) is 2. The Morgan fingerprint density at radius 1 is 1.24 bits per heavy atom. The van der Waals surface area contributed by atoms with E-state index in [2.05, 4.69) is 56.1 Å². The molecule has 0 saturated carbocycles. The third kappa shape index (κ3) is 7.09. The first-order valence-electron chi connectivity index (χ1n) is 8.46. The lowest BCUT2D eigenvalue weighted by atomic mass is 10.0. The number of aromatic nitrogens is 1. The van der Waals surface area contributed by atoms with Crippen LogP contribution < -0.4 is 5.32 Å². The quantitative estimate of drug-likeness (QED) is 0.676. The molecule has 0 atom stereocenters. The molecule has 1 rings (SSSR count). The number of hydrogen-bond donors (Lipinski definition) is 1. The molecular formula is C17H33N3O. The van der Waals surface area contributed by atoms with Gasteiger partial charge in [-0.1, -0.05) is 52.6 Å². The number of hydrogen-bond acceptors (Lipinski definition) is 4. The van der Waals surface area contributed by atoms with Crippen molar-refractivity contribution >= 4 is 0 Å². The first-order valence-corrected chi connectivity index (χ1v) is 8.46. The summed E-state index contributed by atoms with van der Waals surface area (Å²) in [6, 6.07) is 2.09. The van der Waals surface area contributed by atoms with Crippen LogP contribution in [0, 0.1) is 11.8 Å². The summed E-state index contributed by atoms with van der Waals surface area (Å²) >= 11 is 0. The average molecular weight is 295 g/mol. The van der Waals surface area contributed by atoms with Gasteiger partial charge in [0.15, 0.2) is 5.76 Å². The van der Waals surface area contributed by atoms with E-state index in [-0.39, 0.29) is 0 Å². The maximum Gasteiger partial charge on any atom is 0.151 e. The second-order valence-electron chi connectivity index (χ2n) is 6.32. The lowest BCUT2D eigenvalue weighted by Crippen LogP contribution is -2.28. The highest BCUT2D eigenvalue weighted by Crippen LogP contribution is 2.13. The lowest BCUT2D eigenvalue weighted by Gasteiger charge is -2.23. The molecule has 122 valence electrons. The third-order valence-corrected chi connectivity index (χ3v) is 3.96. The molecule has 1 heterocycles. The maximum atomic E-state index is 5.47. The molecular weight excluding hydrogens is 262 g/mol. The zero-order valence-electron chi connectivity index (χ0n) is 14.5. The molecule has 21 heavy (non-hydrogen) atoms. The highest BCUT2D eigenvalue weighted by molar-refractivity contribution is 5.05. The van der Waals surface area contributed by atoms with E-state index in [0.717, 1.165) is 50.1 Å². The minimum atomic E-state index is 0.659. The molecule has 0 unspecified atom stereocenters. The zero-order valence-corrected chi connectivity index (χ0v) is 14.5. The maximum absolute atomic E-state index is 5.47. The standard InChI is InChI=1S/C17H33N3O/c1-6-15(7-2)12-20(8-3)13-17-9-16(19-21-17)11-18-10-14(4)5/h9,14-15,18H,6-8,10-13H2,1-5H3. The van der Waals surface area contributed by atoms with E-state index in [1.807, 2.05) is 0 Å². The fraction of sp³-hybridized carbons (Fsp3) is 0.824. The predicted octanol–water partition coefficient (Wildman–Crippen LogP) is 3.68. The summed E-state index contributed by atoms with van der Waals surface area (Å²) < 4.78 is 5.47. The number of nitrogens with one attached hydrogen (secondary N) is 1. The van der Waals surface area contributed by atoms with E-state index in [1.165, 1.54) is 12.8 Å². The fourth-order valence-electron chi connectivity index (χ4n) is 2.44. The molecule has 0 aromatic carbocycles. The summed E-state index contributed by atoms with van der Waals surface area (Å²) in [4.78, 5) is 2.45. The van der Waals surface area contributed by atoms with Gasteiger partial charge in [-0.15, -0.1) is 0 Å². The topological polar surface area (TPSA) is 41.3 Å². The van der Waals surface area contributed by atoms with Crippen LogP contribution >= 0.6 is 0 Å². The Morgan fingerprint density at radius 3 is 2.52 bits per heavy atom. The Labute approximate surface area is 130 Å². The van der Waals surface area contributed by atoms with Crippen LogP contribution in [0.5, 0.6) is 0 Å². The van der Waals surface area contributed by atoms with Crippen LogP contribution in [-0.2, 0) is 13.1 Å². The van der Waals surface area contributed by atoms with Gasteiger partial charge in [-0.2, -0.15) is 0 Å². The van der Waals surface area contributed by atoms with Gasteiger partial charge in [0.25, 0.3) is 0 Å². The SMILES string of the molecule is CCC(CC)CN(CC)Cc1cc(CNCC(C)C)no1. The molecule has 4 heteroatoms. The smallest absolute Gasteiger partial charge is 0.151 e. The van der Waals surface area contributed by atoms with Gasteiger partial charge >= 0.3 is 0 Å². The highest BCUT2D eigenvalue weighted by atomic mass is 16.5. The largest absolute Gasteiger partial charge is 0.360 e. The highest BCUT2D eigenvalue weighted by Gasteiger charge is 2.13. The van der Waals surface area contributed by atoms with Crippen molar-refractivity contribution in [2.24, 2.45) is 11.8 Å². The molecule has 1 aromatic heterocycles. The van der Waals surface area contributed by atoms with Crippen LogP contribution in [0.4, 0.5) is 0 Å². The molecule has 0 spiro atoms. The predicted molar refractivity (Wildman–Crippen MR) is 88.1 cm³/mol. The fourth-order valence-corrected chi connectivity index (χ4v) is 2.44. The van der Waals surface area contributed by atoms with Gasteiger partial charge in [-0.3, -0.25) is 4.90 Å². The monoisotopic (exact) mass is 295 g/mol. The molecule has 0 aliphatic carbocycles. The summed E-state index contributed by atoms with van der Waals surface area (Å²) in [7, 11) is 0. The van der Waals surface area contributed by atoms with Gasteiger partial charge in [0, 0.05) is 19.2 Å². The zero-order chi connectivity index (χ0) is 15.7. The summed E-state index contributed by atoms with van der Waals surface area (Å²) in [5, 5.41) is 7.55. The van der Waals surface area contributed by atoms with Gasteiger partial charge in [0.2, 0.25) is 0 Å². The van der Waals surface area contributed by atoms with Crippen LogP contribution in [0.25, 0.3) is 0 Å². The Balaban J connectivity index is 2.44. The summed E-state index contributed by atoms with van der Waals surface area (Å²) in [6.07, 6.45) is 2.49. The van der Waals surface area contributed by atoms with Crippen molar-refractivity contribution in [2.75, 3.05) is 19.6 Å². The van der Waals surface area contributed by atoms with Crippen LogP contribution in [0.3, 0.4) is 0 Å². The third-order valence-electron chi connectivity index (χ3n) is 3.96. The van der Waals surface area contributed by atoms with E-state index in [0.29, 0.717) is 5.92 Å². The molecule has 0 aliphatic rings. The van der Waals surface area contributed by atoms with Crippen molar-refractivity contribution in [1.82, 2.24) is 15.4 Å². The van der Waals surface area contributed by atoms with E-state index in [9.17, 15) is 0 Å². The van der Waals surface area contributed by atoms with Gasteiger partial charge in [0.1, 0.15) is 0 Å². The molecule has 1 aromatic rings. The van der Waals surface area contributed by atoms with Crippen molar-refractivity contribution in [3.63, 3.8) is 0 Å². The second-order valence-corrected chi connectivity index (χ2v) is 6.32. The van der Waals surface area contributed by atoms with Crippen LogP contribution in [-0.4, -0.2) is 29.7 Å². The van der Waals surface area contributed by atoms with Gasteiger partial charge in [-0.25, -0.2) is 0 Å². The summed E-state index contributed by atoms with van der Waals surface area (Å²) in [6.45, 7) is 16.0. The van der Waals surface area contributed by atoms with Crippen molar-refractivity contribution in [3.05, 3.63) is 17.5 Å². The molecule has 0 amide bonds. The first-order chi connectivity index (χ1) is 10.1. The Bertz CT molecular complexity index is 372. The minimum absolute atomic E-state index is 0.659. The van der Waals surface area contributed by atoms with E-state index in [4.69, 9.17) is 4.52 Å². The van der Waals surface area contributed by atoms with E-state index < -0.39 is 0 Å². The van der Waals surface area contributed by atoms with Gasteiger partial charge in [0.05, 0.1) is 12.2 Å². The summed E-state index contributed by atoms with van der Waals surface area (Å²) in [5.74, 6) is 2.41. The molecule has 0 saturated heterocycles.